The molecule has 0 saturated carbocycles. The third-order valence-electron chi connectivity index (χ3n) is 4.88. The van der Waals surface area contributed by atoms with Crippen molar-refractivity contribution in [3.63, 3.8) is 0 Å². The van der Waals surface area contributed by atoms with Crippen LogP contribution in [-0.4, -0.2) is 43.2 Å². The molecule has 2 aliphatic rings. The SMILES string of the molecule is O=C(C[C@@H]1CCCO1)NC[C@H]1CCCN(Cc2ccccc2)C1. The zero-order valence-corrected chi connectivity index (χ0v) is 13.9. The lowest BCUT2D eigenvalue weighted by Gasteiger charge is -2.33. The third kappa shape index (κ3) is 5.33. The molecule has 0 spiro atoms. The first-order valence-electron chi connectivity index (χ1n) is 8.94. The fraction of sp³-hybridized carbons (Fsp3) is 0.632. The van der Waals surface area contributed by atoms with Crippen molar-refractivity contribution in [3.8, 4) is 0 Å². The van der Waals surface area contributed by atoms with Gasteiger partial charge in [-0.25, -0.2) is 0 Å². The number of carbonyl (C=O) groups excluding carboxylic acids is 1. The second-order valence-electron chi connectivity index (χ2n) is 6.87. The van der Waals surface area contributed by atoms with E-state index in [0.717, 1.165) is 45.6 Å². The van der Waals surface area contributed by atoms with Crippen molar-refractivity contribution < 1.29 is 9.53 Å². The lowest BCUT2D eigenvalue weighted by molar-refractivity contribution is -0.123. The molecule has 23 heavy (non-hydrogen) atoms. The molecule has 126 valence electrons. The zero-order valence-electron chi connectivity index (χ0n) is 13.9. The summed E-state index contributed by atoms with van der Waals surface area (Å²) in [6, 6.07) is 10.6. The van der Waals surface area contributed by atoms with Crippen LogP contribution in [0.5, 0.6) is 0 Å². The summed E-state index contributed by atoms with van der Waals surface area (Å²) in [7, 11) is 0. The summed E-state index contributed by atoms with van der Waals surface area (Å²) in [5.74, 6) is 0.720. The van der Waals surface area contributed by atoms with Gasteiger partial charge in [-0.05, 0) is 43.7 Å². The first-order valence-corrected chi connectivity index (χ1v) is 8.94. The van der Waals surface area contributed by atoms with Crippen LogP contribution in [0.15, 0.2) is 30.3 Å². The number of piperidine rings is 1. The van der Waals surface area contributed by atoms with Gasteiger partial charge in [0.1, 0.15) is 0 Å². The molecule has 0 unspecified atom stereocenters. The molecular formula is C19H28N2O2. The molecule has 2 aliphatic heterocycles. The molecule has 3 rings (SSSR count). The van der Waals surface area contributed by atoms with E-state index in [-0.39, 0.29) is 12.0 Å². The Kier molecular flexibility index (Phi) is 6.06. The van der Waals surface area contributed by atoms with Crippen LogP contribution < -0.4 is 5.32 Å². The fourth-order valence-electron chi connectivity index (χ4n) is 3.65. The quantitative estimate of drug-likeness (QED) is 0.877. The first kappa shape index (κ1) is 16.5. The maximum Gasteiger partial charge on any atom is 0.222 e. The number of hydrogen-bond acceptors (Lipinski definition) is 3. The first-order chi connectivity index (χ1) is 11.3. The van der Waals surface area contributed by atoms with Crippen molar-refractivity contribution >= 4 is 5.91 Å². The smallest absolute Gasteiger partial charge is 0.222 e. The van der Waals surface area contributed by atoms with Gasteiger partial charge in [0.05, 0.1) is 12.5 Å². The number of ether oxygens (including phenoxy) is 1. The summed E-state index contributed by atoms with van der Waals surface area (Å²) in [5.41, 5.74) is 1.37. The Bertz CT molecular complexity index is 485. The molecule has 0 aliphatic carbocycles. The molecule has 2 atom stereocenters. The van der Waals surface area contributed by atoms with E-state index in [1.165, 1.54) is 18.4 Å². The minimum Gasteiger partial charge on any atom is -0.378 e. The highest BCUT2D eigenvalue weighted by Crippen LogP contribution is 2.19. The van der Waals surface area contributed by atoms with Gasteiger partial charge in [-0.15, -0.1) is 0 Å². The monoisotopic (exact) mass is 316 g/mol. The van der Waals surface area contributed by atoms with Crippen LogP contribution in [0.3, 0.4) is 0 Å². The standard InChI is InChI=1S/C19H28N2O2/c22-19(12-18-9-5-11-23-18)20-13-17-8-4-10-21(15-17)14-16-6-2-1-3-7-16/h1-3,6-7,17-18H,4-5,8-15H2,(H,20,22)/t17-,18+/m1/s1. The maximum absolute atomic E-state index is 12.0. The molecule has 2 saturated heterocycles. The number of hydrogen-bond donors (Lipinski definition) is 1. The van der Waals surface area contributed by atoms with Gasteiger partial charge in [0.25, 0.3) is 0 Å². The Morgan fingerprint density at radius 3 is 2.87 bits per heavy atom. The van der Waals surface area contributed by atoms with Gasteiger partial charge in [0.2, 0.25) is 5.91 Å². The normalized spacial score (nSPS) is 25.4. The lowest BCUT2D eigenvalue weighted by Crippen LogP contribution is -2.41. The second-order valence-corrected chi connectivity index (χ2v) is 6.87. The summed E-state index contributed by atoms with van der Waals surface area (Å²) < 4.78 is 5.53. The number of amides is 1. The van der Waals surface area contributed by atoms with Gasteiger partial charge in [0.15, 0.2) is 0 Å². The van der Waals surface area contributed by atoms with E-state index in [0.29, 0.717) is 12.3 Å². The fourth-order valence-corrected chi connectivity index (χ4v) is 3.65. The molecule has 4 nitrogen and oxygen atoms in total. The van der Waals surface area contributed by atoms with Crippen LogP contribution in [0, 0.1) is 5.92 Å². The maximum atomic E-state index is 12.0. The summed E-state index contributed by atoms with van der Waals surface area (Å²) in [4.78, 5) is 14.5. The molecule has 0 aromatic heterocycles. The van der Waals surface area contributed by atoms with E-state index in [4.69, 9.17) is 4.74 Å². The molecule has 1 amide bonds. The van der Waals surface area contributed by atoms with Crippen molar-refractivity contribution in [2.45, 2.75) is 44.8 Å². The Hall–Kier alpha value is -1.39. The summed E-state index contributed by atoms with van der Waals surface area (Å²) in [5, 5.41) is 3.12. The Morgan fingerprint density at radius 1 is 1.22 bits per heavy atom. The van der Waals surface area contributed by atoms with Crippen molar-refractivity contribution in [1.29, 1.82) is 0 Å². The number of rotatable bonds is 6. The molecule has 2 heterocycles. The highest BCUT2D eigenvalue weighted by molar-refractivity contribution is 5.76. The largest absolute Gasteiger partial charge is 0.378 e. The van der Waals surface area contributed by atoms with Gasteiger partial charge >= 0.3 is 0 Å². The number of nitrogens with zero attached hydrogens (tertiary/aromatic N) is 1. The Balaban J connectivity index is 1.39. The summed E-state index contributed by atoms with van der Waals surface area (Å²) >= 11 is 0. The van der Waals surface area contributed by atoms with E-state index < -0.39 is 0 Å². The van der Waals surface area contributed by atoms with Gasteiger partial charge in [0, 0.05) is 26.2 Å². The molecule has 4 heteroatoms. The lowest BCUT2D eigenvalue weighted by atomic mass is 9.97. The van der Waals surface area contributed by atoms with E-state index >= 15 is 0 Å². The minimum atomic E-state index is 0.149. The molecule has 2 fully saturated rings. The van der Waals surface area contributed by atoms with Crippen molar-refractivity contribution in [2.24, 2.45) is 5.92 Å². The van der Waals surface area contributed by atoms with Crippen LogP contribution in [-0.2, 0) is 16.1 Å². The van der Waals surface area contributed by atoms with Crippen LogP contribution in [0.2, 0.25) is 0 Å². The number of likely N-dealkylation sites (tertiary alicyclic amines) is 1. The van der Waals surface area contributed by atoms with Crippen LogP contribution >= 0.6 is 0 Å². The number of benzene rings is 1. The number of nitrogens with one attached hydrogen (secondary N) is 1. The van der Waals surface area contributed by atoms with Crippen LogP contribution in [0.4, 0.5) is 0 Å². The minimum absolute atomic E-state index is 0.149. The van der Waals surface area contributed by atoms with Crippen molar-refractivity contribution in [3.05, 3.63) is 35.9 Å². The van der Waals surface area contributed by atoms with E-state index in [1.54, 1.807) is 0 Å². The number of carbonyl (C=O) groups is 1. The zero-order chi connectivity index (χ0) is 15.9. The van der Waals surface area contributed by atoms with Gasteiger partial charge in [-0.2, -0.15) is 0 Å². The average Bonchev–Trinajstić information content (AvgIpc) is 3.07. The summed E-state index contributed by atoms with van der Waals surface area (Å²) in [6.07, 6.45) is 5.23. The van der Waals surface area contributed by atoms with Crippen LogP contribution in [0.25, 0.3) is 0 Å². The highest BCUT2D eigenvalue weighted by Gasteiger charge is 2.22. The van der Waals surface area contributed by atoms with Crippen molar-refractivity contribution in [1.82, 2.24) is 10.2 Å². The van der Waals surface area contributed by atoms with Crippen LogP contribution in [0.1, 0.15) is 37.7 Å². The van der Waals surface area contributed by atoms with Gasteiger partial charge in [-0.3, -0.25) is 9.69 Å². The van der Waals surface area contributed by atoms with E-state index in [2.05, 4.69) is 40.5 Å². The van der Waals surface area contributed by atoms with E-state index in [1.807, 2.05) is 0 Å². The third-order valence-corrected chi connectivity index (χ3v) is 4.88. The van der Waals surface area contributed by atoms with E-state index in [9.17, 15) is 4.79 Å². The molecule has 0 bridgehead atoms. The van der Waals surface area contributed by atoms with Gasteiger partial charge in [-0.1, -0.05) is 30.3 Å². The Morgan fingerprint density at radius 2 is 2.09 bits per heavy atom. The predicted octanol–water partition coefficient (Wildman–Crippen LogP) is 2.58. The van der Waals surface area contributed by atoms with Crippen molar-refractivity contribution in [2.75, 3.05) is 26.2 Å². The topological polar surface area (TPSA) is 41.6 Å². The Labute approximate surface area is 139 Å². The average molecular weight is 316 g/mol. The molecule has 1 N–H and O–H groups in total. The van der Waals surface area contributed by atoms with Gasteiger partial charge < -0.3 is 10.1 Å². The molecule has 1 aromatic rings. The molecular weight excluding hydrogens is 288 g/mol. The highest BCUT2D eigenvalue weighted by atomic mass is 16.5. The summed E-state index contributed by atoms with van der Waals surface area (Å²) in [6.45, 7) is 4.87. The second kappa shape index (κ2) is 8.46. The molecule has 0 radical (unpaired) electrons. The predicted molar refractivity (Wildman–Crippen MR) is 91.0 cm³/mol. The molecule has 1 aromatic carbocycles.